The van der Waals surface area contributed by atoms with Crippen LogP contribution in [0.15, 0.2) is 41.5 Å². The first-order valence-electron chi connectivity index (χ1n) is 9.81. The quantitative estimate of drug-likeness (QED) is 0.606. The van der Waals surface area contributed by atoms with Crippen molar-refractivity contribution < 1.29 is 4.79 Å². The standard InChI is InChI=1S/C21H29N5O/c1-2-23-21(26-13-5-6-16(15-26)14-19(22)27)25-12-10-18-8-3-7-17-9-4-11-24-20(17)18/h3-4,7-9,11,16H,2,5-6,10,12-15H2,1H3,(H2,22,27)(H,23,25). The third-order valence-electron chi connectivity index (χ3n) is 5.00. The van der Waals surface area contributed by atoms with E-state index >= 15 is 0 Å². The van der Waals surface area contributed by atoms with Crippen LogP contribution in [0.2, 0.25) is 0 Å². The van der Waals surface area contributed by atoms with Gasteiger partial charge in [-0.25, -0.2) is 0 Å². The number of hydrogen-bond acceptors (Lipinski definition) is 3. The summed E-state index contributed by atoms with van der Waals surface area (Å²) in [6.45, 7) is 5.41. The Morgan fingerprint density at radius 2 is 2.22 bits per heavy atom. The Morgan fingerprint density at radius 3 is 3.04 bits per heavy atom. The molecule has 0 bridgehead atoms. The van der Waals surface area contributed by atoms with Crippen LogP contribution in [0.25, 0.3) is 10.9 Å². The molecule has 0 saturated carbocycles. The summed E-state index contributed by atoms with van der Waals surface area (Å²) in [5.41, 5.74) is 7.66. The molecule has 1 aromatic carbocycles. The van der Waals surface area contributed by atoms with Gasteiger partial charge in [0.2, 0.25) is 5.91 Å². The molecule has 1 aromatic heterocycles. The fraction of sp³-hybridized carbons (Fsp3) is 0.476. The Morgan fingerprint density at radius 1 is 1.37 bits per heavy atom. The predicted octanol–water partition coefficient (Wildman–Crippen LogP) is 2.33. The number of rotatable bonds is 6. The first kappa shape index (κ1) is 19.1. The van der Waals surface area contributed by atoms with Gasteiger partial charge < -0.3 is 16.0 Å². The van der Waals surface area contributed by atoms with Crippen molar-refractivity contribution in [1.29, 1.82) is 0 Å². The number of nitrogens with zero attached hydrogens (tertiary/aromatic N) is 3. The lowest BCUT2D eigenvalue weighted by atomic mass is 9.95. The van der Waals surface area contributed by atoms with E-state index in [2.05, 4.69) is 46.4 Å². The van der Waals surface area contributed by atoms with Gasteiger partial charge in [0.05, 0.1) is 5.52 Å². The second-order valence-corrected chi connectivity index (χ2v) is 7.10. The van der Waals surface area contributed by atoms with E-state index in [-0.39, 0.29) is 5.91 Å². The van der Waals surface area contributed by atoms with Gasteiger partial charge >= 0.3 is 0 Å². The highest BCUT2D eigenvalue weighted by atomic mass is 16.1. The van der Waals surface area contributed by atoms with Crippen LogP contribution < -0.4 is 11.1 Å². The summed E-state index contributed by atoms with van der Waals surface area (Å²) in [6.07, 6.45) is 5.27. The molecule has 6 heteroatoms. The van der Waals surface area contributed by atoms with E-state index in [0.717, 1.165) is 55.8 Å². The first-order chi connectivity index (χ1) is 13.2. The summed E-state index contributed by atoms with van der Waals surface area (Å²) in [5.74, 6) is 1.04. The average molecular weight is 367 g/mol. The number of para-hydroxylation sites is 1. The van der Waals surface area contributed by atoms with Crippen LogP contribution in [-0.2, 0) is 11.2 Å². The maximum Gasteiger partial charge on any atom is 0.217 e. The number of guanidine groups is 1. The van der Waals surface area contributed by atoms with E-state index in [1.54, 1.807) is 0 Å². The molecular formula is C21H29N5O. The molecule has 6 nitrogen and oxygen atoms in total. The molecule has 27 heavy (non-hydrogen) atoms. The molecule has 0 radical (unpaired) electrons. The van der Waals surface area contributed by atoms with Crippen molar-refractivity contribution in [3.63, 3.8) is 0 Å². The van der Waals surface area contributed by atoms with Crippen molar-refractivity contribution in [2.24, 2.45) is 16.6 Å². The molecule has 1 aliphatic heterocycles. The third-order valence-corrected chi connectivity index (χ3v) is 5.00. The third kappa shape index (κ3) is 5.18. The number of likely N-dealkylation sites (tertiary alicyclic amines) is 1. The van der Waals surface area contributed by atoms with Crippen molar-refractivity contribution in [1.82, 2.24) is 15.2 Å². The molecule has 3 rings (SSSR count). The number of primary amides is 1. The van der Waals surface area contributed by atoms with Gasteiger partial charge in [-0.15, -0.1) is 0 Å². The lowest BCUT2D eigenvalue weighted by Crippen LogP contribution is -2.47. The van der Waals surface area contributed by atoms with Gasteiger partial charge in [-0.3, -0.25) is 14.8 Å². The van der Waals surface area contributed by atoms with Crippen molar-refractivity contribution in [3.05, 3.63) is 42.1 Å². The van der Waals surface area contributed by atoms with Crippen molar-refractivity contribution in [3.8, 4) is 0 Å². The number of amides is 1. The van der Waals surface area contributed by atoms with E-state index in [1.807, 2.05) is 12.3 Å². The number of carbonyl (C=O) groups excluding carboxylic acids is 1. The monoisotopic (exact) mass is 367 g/mol. The number of nitrogens with one attached hydrogen (secondary N) is 1. The summed E-state index contributed by atoms with van der Waals surface area (Å²) >= 11 is 0. The Bertz CT molecular complexity index is 799. The minimum absolute atomic E-state index is 0.216. The molecule has 1 amide bonds. The Balaban J connectivity index is 1.67. The molecule has 144 valence electrons. The maximum absolute atomic E-state index is 11.3. The predicted molar refractivity (Wildman–Crippen MR) is 110 cm³/mol. The highest BCUT2D eigenvalue weighted by Crippen LogP contribution is 2.20. The first-order valence-corrected chi connectivity index (χ1v) is 9.81. The molecule has 1 fully saturated rings. The van der Waals surface area contributed by atoms with E-state index in [9.17, 15) is 4.79 Å². The molecule has 3 N–H and O–H groups in total. The number of nitrogens with two attached hydrogens (primary N) is 1. The molecule has 1 saturated heterocycles. The molecule has 1 atom stereocenters. The van der Waals surface area contributed by atoms with Crippen molar-refractivity contribution >= 4 is 22.8 Å². The summed E-state index contributed by atoms with van der Waals surface area (Å²) in [7, 11) is 0. The summed E-state index contributed by atoms with van der Waals surface area (Å²) in [4.78, 5) is 22.9. The SMILES string of the molecule is CCNC(=NCCc1cccc2cccnc12)N1CCCC(CC(N)=O)C1. The molecular weight excluding hydrogens is 338 g/mol. The number of aromatic nitrogens is 1. The van der Waals surface area contributed by atoms with E-state index in [4.69, 9.17) is 10.7 Å². The van der Waals surface area contributed by atoms with Gasteiger partial charge in [0, 0.05) is 44.2 Å². The molecule has 1 aliphatic rings. The van der Waals surface area contributed by atoms with Gasteiger partial charge in [0.1, 0.15) is 0 Å². The maximum atomic E-state index is 11.3. The van der Waals surface area contributed by atoms with Gasteiger partial charge in [0.15, 0.2) is 5.96 Å². The lowest BCUT2D eigenvalue weighted by molar-refractivity contribution is -0.119. The van der Waals surface area contributed by atoms with Crippen LogP contribution in [-0.4, -0.2) is 47.9 Å². The fourth-order valence-corrected chi connectivity index (χ4v) is 3.79. The van der Waals surface area contributed by atoms with Gasteiger partial charge in [-0.2, -0.15) is 0 Å². The zero-order chi connectivity index (χ0) is 19.1. The summed E-state index contributed by atoms with van der Waals surface area (Å²) < 4.78 is 0. The van der Waals surface area contributed by atoms with E-state index < -0.39 is 0 Å². The van der Waals surface area contributed by atoms with Crippen LogP contribution in [0, 0.1) is 5.92 Å². The van der Waals surface area contributed by atoms with Crippen molar-refractivity contribution in [2.75, 3.05) is 26.2 Å². The highest BCUT2D eigenvalue weighted by Gasteiger charge is 2.23. The average Bonchev–Trinajstić information content (AvgIpc) is 2.67. The number of carbonyl (C=O) groups is 1. The zero-order valence-corrected chi connectivity index (χ0v) is 16.0. The number of hydrogen-bond donors (Lipinski definition) is 2. The summed E-state index contributed by atoms with van der Waals surface area (Å²) in [5, 5.41) is 4.56. The number of piperidine rings is 1. The second-order valence-electron chi connectivity index (χ2n) is 7.10. The van der Waals surface area contributed by atoms with Gasteiger partial charge in [-0.05, 0) is 43.7 Å². The molecule has 2 heterocycles. The Hall–Kier alpha value is -2.63. The number of pyridine rings is 1. The zero-order valence-electron chi connectivity index (χ0n) is 16.0. The number of benzene rings is 1. The number of fused-ring (bicyclic) bond motifs is 1. The van der Waals surface area contributed by atoms with Crippen LogP contribution in [0.4, 0.5) is 0 Å². The second kappa shape index (κ2) is 9.35. The normalized spacial score (nSPS) is 17.9. The Labute approximate surface area is 160 Å². The van der Waals surface area contributed by atoms with Gasteiger partial charge in [0.25, 0.3) is 0 Å². The summed E-state index contributed by atoms with van der Waals surface area (Å²) in [6, 6.07) is 10.3. The molecule has 1 unspecified atom stereocenters. The van der Waals surface area contributed by atoms with Crippen molar-refractivity contribution in [2.45, 2.75) is 32.6 Å². The topological polar surface area (TPSA) is 83.6 Å². The molecule has 2 aromatic rings. The minimum Gasteiger partial charge on any atom is -0.370 e. The van der Waals surface area contributed by atoms with Crippen LogP contribution in [0.3, 0.4) is 0 Å². The van der Waals surface area contributed by atoms with Gasteiger partial charge in [-0.1, -0.05) is 24.3 Å². The Kier molecular flexibility index (Phi) is 6.63. The van der Waals surface area contributed by atoms with Crippen LogP contribution in [0.1, 0.15) is 31.7 Å². The smallest absolute Gasteiger partial charge is 0.217 e. The van der Waals surface area contributed by atoms with E-state index in [0.29, 0.717) is 18.9 Å². The fourth-order valence-electron chi connectivity index (χ4n) is 3.79. The molecule has 0 spiro atoms. The van der Waals surface area contributed by atoms with E-state index in [1.165, 1.54) is 5.56 Å². The lowest BCUT2D eigenvalue weighted by Gasteiger charge is -2.34. The van der Waals surface area contributed by atoms with Crippen LogP contribution >= 0.6 is 0 Å². The number of aliphatic imine (C=N–C) groups is 1. The largest absolute Gasteiger partial charge is 0.370 e. The highest BCUT2D eigenvalue weighted by molar-refractivity contribution is 5.82. The molecule has 0 aliphatic carbocycles. The minimum atomic E-state index is -0.216. The van der Waals surface area contributed by atoms with Crippen LogP contribution in [0.5, 0.6) is 0 Å².